The molecule has 1 N–H and O–H groups in total. The molecule has 0 amide bonds. The first kappa shape index (κ1) is 11.4. The Balaban J connectivity index is 0.000000181. The minimum Gasteiger partial charge on any atom is -0.351 e. The fourth-order valence-corrected chi connectivity index (χ4v) is 1.74. The van der Waals surface area contributed by atoms with Gasteiger partial charge in [0.25, 0.3) is 0 Å². The fourth-order valence-electron chi connectivity index (χ4n) is 1.74. The highest BCUT2D eigenvalue weighted by atomic mass is 14.8. The number of nitrogens with zero attached hydrogens (tertiary/aromatic N) is 1. The second-order valence-corrected chi connectivity index (χ2v) is 3.83. The molecule has 1 aliphatic carbocycles. The van der Waals surface area contributed by atoms with Gasteiger partial charge in [0.1, 0.15) is 0 Å². The van der Waals surface area contributed by atoms with Crippen LogP contribution in [0.1, 0.15) is 17.9 Å². The third-order valence-electron chi connectivity index (χ3n) is 2.61. The van der Waals surface area contributed by atoms with Crippen molar-refractivity contribution in [1.29, 1.82) is 0 Å². The normalized spacial score (nSPS) is 17.3. The quantitative estimate of drug-likeness (QED) is 0.786. The molecule has 2 aromatic rings. The van der Waals surface area contributed by atoms with Crippen molar-refractivity contribution < 1.29 is 0 Å². The highest BCUT2D eigenvalue weighted by molar-refractivity contribution is 5.28. The van der Waals surface area contributed by atoms with Gasteiger partial charge in [0, 0.05) is 18.3 Å². The first-order valence-corrected chi connectivity index (χ1v) is 5.78. The summed E-state index contributed by atoms with van der Waals surface area (Å²) in [6.07, 6.45) is 14.9. The minimum atomic E-state index is 0.594. The van der Waals surface area contributed by atoms with Crippen LogP contribution < -0.4 is 0 Å². The lowest BCUT2D eigenvalue weighted by Crippen LogP contribution is -1.94. The van der Waals surface area contributed by atoms with Crippen molar-refractivity contribution >= 4 is 0 Å². The van der Waals surface area contributed by atoms with E-state index in [1.54, 1.807) is 18.7 Å². The molecule has 17 heavy (non-hydrogen) atoms. The predicted octanol–water partition coefficient (Wildman–Crippen LogP) is 3.70. The number of rotatable bonds is 1. The van der Waals surface area contributed by atoms with Crippen LogP contribution in [-0.2, 0) is 0 Å². The van der Waals surface area contributed by atoms with Crippen LogP contribution in [0.2, 0.25) is 0 Å². The molecule has 0 spiro atoms. The number of hydrogen-bond donors (Lipinski definition) is 1. The number of aromatic nitrogens is 2. The Morgan fingerprint density at radius 3 is 2.53 bits per heavy atom. The van der Waals surface area contributed by atoms with Crippen molar-refractivity contribution in [3.63, 3.8) is 0 Å². The van der Waals surface area contributed by atoms with E-state index in [1.165, 1.54) is 5.56 Å². The topological polar surface area (TPSA) is 28.7 Å². The molecule has 2 nitrogen and oxygen atoms in total. The molecule has 1 unspecified atom stereocenters. The molecule has 1 heterocycles. The third kappa shape index (κ3) is 3.76. The Kier molecular flexibility index (Phi) is 4.35. The molecule has 1 aromatic carbocycles. The summed E-state index contributed by atoms with van der Waals surface area (Å²) in [5, 5.41) is 0. The van der Waals surface area contributed by atoms with E-state index in [2.05, 4.69) is 64.6 Å². The van der Waals surface area contributed by atoms with Crippen molar-refractivity contribution in [3.05, 3.63) is 78.9 Å². The highest BCUT2D eigenvalue weighted by Crippen LogP contribution is 2.23. The Morgan fingerprint density at radius 1 is 1.12 bits per heavy atom. The average Bonchev–Trinajstić information content (AvgIpc) is 3.00. The molecule has 0 aliphatic heterocycles. The summed E-state index contributed by atoms with van der Waals surface area (Å²) < 4.78 is 0. The second kappa shape index (κ2) is 6.48. The molecule has 1 atom stereocenters. The molecule has 3 rings (SSSR count). The first-order valence-electron chi connectivity index (χ1n) is 5.78. The molecular weight excluding hydrogens is 208 g/mol. The van der Waals surface area contributed by atoms with Crippen LogP contribution in [0, 0.1) is 0 Å². The van der Waals surface area contributed by atoms with E-state index >= 15 is 0 Å². The summed E-state index contributed by atoms with van der Waals surface area (Å²) in [4.78, 5) is 6.42. The van der Waals surface area contributed by atoms with E-state index < -0.39 is 0 Å². The molecule has 86 valence electrons. The van der Waals surface area contributed by atoms with Crippen LogP contribution in [0.15, 0.2) is 73.4 Å². The number of benzene rings is 1. The van der Waals surface area contributed by atoms with E-state index in [0.29, 0.717) is 5.92 Å². The zero-order valence-electron chi connectivity index (χ0n) is 9.66. The number of imidazole rings is 1. The highest BCUT2D eigenvalue weighted by Gasteiger charge is 2.06. The van der Waals surface area contributed by atoms with Gasteiger partial charge in [-0.2, -0.15) is 0 Å². The van der Waals surface area contributed by atoms with Gasteiger partial charge in [-0.1, -0.05) is 54.6 Å². The number of H-pyrrole nitrogens is 1. The van der Waals surface area contributed by atoms with Crippen LogP contribution >= 0.6 is 0 Å². The lowest BCUT2D eigenvalue weighted by atomic mass is 9.93. The Labute approximate surface area is 102 Å². The van der Waals surface area contributed by atoms with Crippen molar-refractivity contribution in [1.82, 2.24) is 9.97 Å². The maximum Gasteiger partial charge on any atom is 0.0919 e. The van der Waals surface area contributed by atoms with Gasteiger partial charge in [-0.15, -0.1) is 0 Å². The smallest absolute Gasteiger partial charge is 0.0919 e. The van der Waals surface area contributed by atoms with Gasteiger partial charge >= 0.3 is 0 Å². The first-order chi connectivity index (χ1) is 8.47. The zero-order valence-corrected chi connectivity index (χ0v) is 9.66. The van der Waals surface area contributed by atoms with Crippen LogP contribution in [0.4, 0.5) is 0 Å². The van der Waals surface area contributed by atoms with E-state index in [-0.39, 0.29) is 0 Å². The van der Waals surface area contributed by atoms with E-state index in [9.17, 15) is 0 Å². The number of nitrogens with one attached hydrogen (secondary N) is 1. The minimum absolute atomic E-state index is 0.594. The molecule has 0 radical (unpaired) electrons. The van der Waals surface area contributed by atoms with E-state index in [1.807, 2.05) is 0 Å². The molecule has 0 saturated carbocycles. The Hall–Kier alpha value is -2.09. The van der Waals surface area contributed by atoms with Crippen LogP contribution in [-0.4, -0.2) is 9.97 Å². The number of aromatic amines is 1. The van der Waals surface area contributed by atoms with Gasteiger partial charge in [0.05, 0.1) is 6.33 Å². The van der Waals surface area contributed by atoms with Crippen LogP contribution in [0.25, 0.3) is 0 Å². The summed E-state index contributed by atoms with van der Waals surface area (Å²) >= 11 is 0. The van der Waals surface area contributed by atoms with Gasteiger partial charge in [-0.05, 0) is 12.0 Å². The number of hydrogen-bond acceptors (Lipinski definition) is 1. The van der Waals surface area contributed by atoms with Gasteiger partial charge in [-0.25, -0.2) is 4.98 Å². The second-order valence-electron chi connectivity index (χ2n) is 3.83. The zero-order chi connectivity index (χ0) is 11.8. The van der Waals surface area contributed by atoms with Crippen molar-refractivity contribution in [2.75, 3.05) is 0 Å². The third-order valence-corrected chi connectivity index (χ3v) is 2.61. The maximum absolute atomic E-state index is 3.67. The molecule has 0 saturated heterocycles. The summed E-state index contributed by atoms with van der Waals surface area (Å²) in [5.74, 6) is 0.594. The standard InChI is InChI=1S/C12H12.C3H4N2/c1-3-7-11(8-4-1)12-9-5-2-6-10-12;1-2-5-3-4-1/h1-9,12H,10H2;1-3H,(H,4,5). The van der Waals surface area contributed by atoms with Crippen molar-refractivity contribution in [2.45, 2.75) is 12.3 Å². The van der Waals surface area contributed by atoms with Gasteiger partial charge in [0.15, 0.2) is 0 Å². The van der Waals surface area contributed by atoms with Gasteiger partial charge in [-0.3, -0.25) is 0 Å². The lowest BCUT2D eigenvalue weighted by molar-refractivity contribution is 0.854. The molecular formula is C15H16N2. The predicted molar refractivity (Wildman–Crippen MR) is 70.7 cm³/mol. The fraction of sp³-hybridized carbons (Fsp3) is 0.133. The van der Waals surface area contributed by atoms with Gasteiger partial charge < -0.3 is 4.98 Å². The van der Waals surface area contributed by atoms with Crippen molar-refractivity contribution in [3.8, 4) is 0 Å². The van der Waals surface area contributed by atoms with E-state index in [4.69, 9.17) is 0 Å². The SMILES string of the molecule is C1=CCC(c2ccccc2)C=C1.c1c[nH]cn1. The average molecular weight is 224 g/mol. The Bertz CT molecular complexity index is 438. The summed E-state index contributed by atoms with van der Waals surface area (Å²) in [6, 6.07) is 10.6. The molecule has 1 aliphatic rings. The number of allylic oxidation sites excluding steroid dienone is 4. The summed E-state index contributed by atoms with van der Waals surface area (Å²) in [7, 11) is 0. The van der Waals surface area contributed by atoms with Crippen molar-refractivity contribution in [2.24, 2.45) is 0 Å². The van der Waals surface area contributed by atoms with E-state index in [0.717, 1.165) is 6.42 Å². The Morgan fingerprint density at radius 2 is 2.00 bits per heavy atom. The summed E-state index contributed by atoms with van der Waals surface area (Å²) in [6.45, 7) is 0. The van der Waals surface area contributed by atoms with Crippen LogP contribution in [0.3, 0.4) is 0 Å². The van der Waals surface area contributed by atoms with Crippen LogP contribution in [0.5, 0.6) is 0 Å². The van der Waals surface area contributed by atoms with Gasteiger partial charge in [0.2, 0.25) is 0 Å². The monoisotopic (exact) mass is 224 g/mol. The largest absolute Gasteiger partial charge is 0.351 e. The molecule has 2 heteroatoms. The lowest BCUT2D eigenvalue weighted by Gasteiger charge is -2.12. The maximum atomic E-state index is 3.67. The molecule has 0 bridgehead atoms. The molecule has 1 aromatic heterocycles. The summed E-state index contributed by atoms with van der Waals surface area (Å²) in [5.41, 5.74) is 1.41. The molecule has 0 fully saturated rings.